The summed E-state index contributed by atoms with van der Waals surface area (Å²) in [5, 5.41) is 3.33. The summed E-state index contributed by atoms with van der Waals surface area (Å²) < 4.78 is 0. The molecule has 1 N–H and O–H groups in total. The van der Waals surface area contributed by atoms with Gasteiger partial charge < -0.3 is 19.2 Å². The van der Waals surface area contributed by atoms with Gasteiger partial charge in [0.05, 0.1) is 0 Å². The van der Waals surface area contributed by atoms with Crippen molar-refractivity contribution in [3.63, 3.8) is 0 Å². The molecule has 1 aliphatic rings. The third kappa shape index (κ3) is 2.98. The minimum atomic E-state index is 0. The Hall–Kier alpha value is 1.06. The van der Waals surface area contributed by atoms with Gasteiger partial charge in [0, 0.05) is 32.7 Å². The second-order valence-corrected chi connectivity index (χ2v) is 2.75. The molecule has 2 heteroatoms. The Labute approximate surface area is 89.2 Å². The molecule has 1 aliphatic heterocycles. The molecule has 0 spiro atoms. The van der Waals surface area contributed by atoms with E-state index in [1.165, 1.54) is 12.8 Å². The van der Waals surface area contributed by atoms with E-state index in [4.69, 9.17) is 0 Å². The average Bonchev–Trinajstić information content (AvgIpc) is 1.89. The van der Waals surface area contributed by atoms with E-state index < -0.39 is 0 Å². The fourth-order valence-electron chi connectivity index (χ4n) is 1.37. The fraction of sp³-hybridized carbons (Fsp3) is 0.750. The molecular formula is C8H15NY-2. The smallest absolute Gasteiger partial charge is 0 e. The maximum Gasteiger partial charge on any atom is 0 e. The topological polar surface area (TPSA) is 12.0 Å². The minimum absolute atomic E-state index is 0. The Kier molecular flexibility index (Phi) is 6.29. The number of rotatable bonds is 1. The maximum atomic E-state index is 4.00. The molecule has 0 aliphatic carbocycles. The number of piperidine rings is 1. The van der Waals surface area contributed by atoms with Gasteiger partial charge in [-0.3, -0.25) is 0 Å². The standard InChI is InChI=1S/C8H15N.Y/c1-3-8-5-4-6-9-7(8)2;/h7-9H,1-6H2;/q-2;. The van der Waals surface area contributed by atoms with E-state index in [0.717, 1.165) is 18.9 Å². The van der Waals surface area contributed by atoms with Gasteiger partial charge in [-0.05, 0) is 13.0 Å². The van der Waals surface area contributed by atoms with Crippen molar-refractivity contribution in [2.45, 2.75) is 25.3 Å². The van der Waals surface area contributed by atoms with Gasteiger partial charge in [0.15, 0.2) is 0 Å². The third-order valence-corrected chi connectivity index (χ3v) is 2.10. The summed E-state index contributed by atoms with van der Waals surface area (Å²) in [6, 6.07) is 0.455. The first kappa shape index (κ1) is 11.1. The Balaban J connectivity index is 0.000000810. The Bertz CT molecular complexity index is 85.3. The van der Waals surface area contributed by atoms with Crippen LogP contribution in [0.25, 0.3) is 0 Å². The van der Waals surface area contributed by atoms with Crippen LogP contribution in [0.1, 0.15) is 19.3 Å². The summed E-state index contributed by atoms with van der Waals surface area (Å²) in [4.78, 5) is 0. The molecule has 57 valence electrons. The molecule has 1 radical (unpaired) electrons. The molecule has 0 saturated carbocycles. The molecule has 0 bridgehead atoms. The van der Waals surface area contributed by atoms with Crippen molar-refractivity contribution in [3.8, 4) is 0 Å². The van der Waals surface area contributed by atoms with Crippen molar-refractivity contribution in [1.82, 2.24) is 5.32 Å². The van der Waals surface area contributed by atoms with Crippen LogP contribution >= 0.6 is 0 Å². The van der Waals surface area contributed by atoms with Crippen LogP contribution in [0.2, 0.25) is 0 Å². The quantitative estimate of drug-likeness (QED) is 0.651. The van der Waals surface area contributed by atoms with E-state index in [9.17, 15) is 0 Å². The molecule has 1 fully saturated rings. The van der Waals surface area contributed by atoms with Crippen LogP contribution in [0, 0.1) is 19.8 Å². The maximum absolute atomic E-state index is 4.00. The molecule has 1 rings (SSSR count). The number of nitrogens with one attached hydrogen (secondary N) is 1. The summed E-state index contributed by atoms with van der Waals surface area (Å²) in [5.41, 5.74) is 0. The summed E-state index contributed by atoms with van der Waals surface area (Å²) in [6.07, 6.45) is 3.64. The molecule has 0 aromatic rings. The van der Waals surface area contributed by atoms with Gasteiger partial charge in [-0.25, -0.2) is 0 Å². The van der Waals surface area contributed by atoms with Gasteiger partial charge in [0.25, 0.3) is 0 Å². The molecule has 0 amide bonds. The van der Waals surface area contributed by atoms with Gasteiger partial charge in [-0.2, -0.15) is 6.42 Å². The van der Waals surface area contributed by atoms with Crippen molar-refractivity contribution in [2.24, 2.45) is 5.92 Å². The monoisotopic (exact) mass is 214 g/mol. The van der Waals surface area contributed by atoms with E-state index in [0.29, 0.717) is 6.04 Å². The predicted molar refractivity (Wildman–Crippen MR) is 39.8 cm³/mol. The van der Waals surface area contributed by atoms with Crippen molar-refractivity contribution < 1.29 is 32.7 Å². The Morgan fingerprint density at radius 2 is 2.20 bits per heavy atom. The van der Waals surface area contributed by atoms with Gasteiger partial charge in [0.2, 0.25) is 0 Å². The predicted octanol–water partition coefficient (Wildman–Crippen LogP) is 1.41. The molecule has 2 atom stereocenters. The van der Waals surface area contributed by atoms with Crippen molar-refractivity contribution in [3.05, 3.63) is 13.8 Å². The van der Waals surface area contributed by atoms with Crippen LogP contribution in [-0.4, -0.2) is 12.6 Å². The minimum Gasteiger partial charge on any atom is -0.343 e. The molecule has 1 heterocycles. The molecule has 0 aromatic heterocycles. The molecule has 10 heavy (non-hydrogen) atoms. The van der Waals surface area contributed by atoms with Crippen molar-refractivity contribution >= 4 is 0 Å². The summed E-state index contributed by atoms with van der Waals surface area (Å²) >= 11 is 0. The van der Waals surface area contributed by atoms with Gasteiger partial charge in [0.1, 0.15) is 0 Å². The average molecular weight is 214 g/mol. The molecular weight excluding hydrogens is 199 g/mol. The van der Waals surface area contributed by atoms with Crippen LogP contribution in [0.3, 0.4) is 0 Å². The summed E-state index contributed by atoms with van der Waals surface area (Å²) in [6.45, 7) is 9.02. The SMILES string of the molecule is [CH2-]CC1CCCNC1[CH2-].[Y]. The van der Waals surface area contributed by atoms with Crippen LogP contribution in [-0.2, 0) is 32.7 Å². The molecule has 0 aromatic carbocycles. The first-order chi connectivity index (χ1) is 4.34. The normalized spacial score (nSPS) is 33.0. The summed E-state index contributed by atoms with van der Waals surface area (Å²) in [5.74, 6) is 0.721. The number of hydrogen-bond acceptors (Lipinski definition) is 1. The molecule has 1 nitrogen and oxygen atoms in total. The first-order valence-electron chi connectivity index (χ1n) is 3.70. The Morgan fingerprint density at radius 3 is 2.60 bits per heavy atom. The van der Waals surface area contributed by atoms with Crippen LogP contribution in [0.4, 0.5) is 0 Å². The first-order valence-corrected chi connectivity index (χ1v) is 3.70. The zero-order chi connectivity index (χ0) is 6.69. The van der Waals surface area contributed by atoms with Gasteiger partial charge in [-0.15, -0.1) is 6.04 Å². The van der Waals surface area contributed by atoms with E-state index in [2.05, 4.69) is 19.2 Å². The fourth-order valence-corrected chi connectivity index (χ4v) is 1.37. The van der Waals surface area contributed by atoms with Crippen LogP contribution in [0.5, 0.6) is 0 Å². The van der Waals surface area contributed by atoms with E-state index in [-0.39, 0.29) is 32.7 Å². The molecule has 1 saturated heterocycles. The van der Waals surface area contributed by atoms with Gasteiger partial charge >= 0.3 is 0 Å². The van der Waals surface area contributed by atoms with Crippen LogP contribution in [0.15, 0.2) is 0 Å². The Morgan fingerprint density at radius 1 is 1.50 bits per heavy atom. The second-order valence-electron chi connectivity index (χ2n) is 2.75. The largest absolute Gasteiger partial charge is 0.343 e. The molecule has 2 unspecified atom stereocenters. The van der Waals surface area contributed by atoms with Crippen molar-refractivity contribution in [2.75, 3.05) is 6.54 Å². The van der Waals surface area contributed by atoms with E-state index >= 15 is 0 Å². The van der Waals surface area contributed by atoms with Gasteiger partial charge in [-0.1, -0.05) is 12.3 Å². The summed E-state index contributed by atoms with van der Waals surface area (Å²) in [7, 11) is 0. The zero-order valence-electron chi connectivity index (χ0n) is 6.47. The van der Waals surface area contributed by atoms with E-state index in [1.807, 2.05) is 0 Å². The van der Waals surface area contributed by atoms with Crippen LogP contribution < -0.4 is 5.32 Å². The zero-order valence-corrected chi connectivity index (χ0v) is 9.31. The van der Waals surface area contributed by atoms with E-state index in [1.54, 1.807) is 0 Å². The number of hydrogen-bond donors (Lipinski definition) is 1. The third-order valence-electron chi connectivity index (χ3n) is 2.10. The second kappa shape index (κ2) is 5.68. The van der Waals surface area contributed by atoms with Crippen molar-refractivity contribution in [1.29, 1.82) is 0 Å².